The topological polar surface area (TPSA) is 95.9 Å². The van der Waals surface area contributed by atoms with Crippen LogP contribution in [0.2, 0.25) is 0 Å². The van der Waals surface area contributed by atoms with Crippen LogP contribution in [0, 0.1) is 0 Å². The van der Waals surface area contributed by atoms with E-state index in [1.807, 2.05) is 6.08 Å². The Morgan fingerprint density at radius 1 is 0.397 bits per heavy atom. The highest BCUT2D eigenvalue weighted by atomic mass is 16.5. The second kappa shape index (κ2) is 58.2. The van der Waals surface area contributed by atoms with Gasteiger partial charge in [-0.15, -0.1) is 0 Å². The molecule has 68 heavy (non-hydrogen) atoms. The summed E-state index contributed by atoms with van der Waals surface area (Å²) in [4.78, 5) is 24.5. The van der Waals surface area contributed by atoms with E-state index < -0.39 is 12.1 Å². The molecular formula is C62H121NO5. The fourth-order valence-electron chi connectivity index (χ4n) is 9.81. The van der Waals surface area contributed by atoms with Crippen LogP contribution in [0.4, 0.5) is 0 Å². The van der Waals surface area contributed by atoms with Crippen molar-refractivity contribution in [2.45, 2.75) is 360 Å². The Hall–Kier alpha value is -1.40. The lowest BCUT2D eigenvalue weighted by Gasteiger charge is -2.20. The summed E-state index contributed by atoms with van der Waals surface area (Å²) in [7, 11) is 0. The molecule has 0 spiro atoms. The molecule has 0 radical (unpaired) electrons. The summed E-state index contributed by atoms with van der Waals surface area (Å²) in [6.07, 6.45) is 69.6. The van der Waals surface area contributed by atoms with Crippen LogP contribution in [0.25, 0.3) is 0 Å². The molecule has 0 aliphatic rings. The van der Waals surface area contributed by atoms with E-state index in [4.69, 9.17) is 4.74 Å². The number of nitrogens with one attached hydrogen (secondary N) is 1. The molecule has 0 aliphatic carbocycles. The van der Waals surface area contributed by atoms with Gasteiger partial charge in [-0.2, -0.15) is 0 Å². The number of carbonyl (C=O) groups is 2. The van der Waals surface area contributed by atoms with E-state index in [1.165, 1.54) is 276 Å². The summed E-state index contributed by atoms with van der Waals surface area (Å²) in [6, 6.07) is -0.632. The number of hydrogen-bond acceptors (Lipinski definition) is 5. The van der Waals surface area contributed by atoms with E-state index in [-0.39, 0.29) is 18.5 Å². The largest absolute Gasteiger partial charge is 0.466 e. The Kier molecular flexibility index (Phi) is 57.0. The molecule has 0 aromatic carbocycles. The van der Waals surface area contributed by atoms with Gasteiger partial charge in [-0.25, -0.2) is 0 Å². The number of aliphatic hydroxyl groups is 2. The molecule has 0 saturated heterocycles. The molecule has 6 nitrogen and oxygen atoms in total. The van der Waals surface area contributed by atoms with E-state index in [0.717, 1.165) is 44.9 Å². The minimum atomic E-state index is -0.848. The zero-order valence-electron chi connectivity index (χ0n) is 46.1. The number of unbranched alkanes of at least 4 members (excludes halogenated alkanes) is 47. The normalized spacial score (nSPS) is 12.6. The minimum Gasteiger partial charge on any atom is -0.466 e. The Bertz CT molecular complexity index is 1020. The van der Waals surface area contributed by atoms with Gasteiger partial charge in [0.15, 0.2) is 0 Å². The van der Waals surface area contributed by atoms with Crippen molar-refractivity contribution in [3.05, 3.63) is 12.2 Å². The van der Waals surface area contributed by atoms with Gasteiger partial charge in [0, 0.05) is 12.8 Å². The summed E-state index contributed by atoms with van der Waals surface area (Å²) >= 11 is 0. The SMILES string of the molecule is CCCCCCCCCCCCCCCCCCCCCC/C=C/C(O)C(CO)NC(=O)CCCCCCCCCCCCCCCCCCCOC(=O)CCCCCCCCCCCCCC. The molecule has 2 unspecified atom stereocenters. The lowest BCUT2D eigenvalue weighted by molar-refractivity contribution is -0.143. The van der Waals surface area contributed by atoms with Crippen LogP contribution in [0.1, 0.15) is 348 Å². The second-order valence-corrected chi connectivity index (χ2v) is 21.4. The van der Waals surface area contributed by atoms with Crippen LogP contribution >= 0.6 is 0 Å². The van der Waals surface area contributed by atoms with Crippen molar-refractivity contribution in [1.82, 2.24) is 5.32 Å². The quantitative estimate of drug-likeness (QED) is 0.0321. The number of amides is 1. The molecule has 0 rings (SSSR count). The van der Waals surface area contributed by atoms with E-state index in [0.29, 0.717) is 19.4 Å². The maximum atomic E-state index is 12.5. The fourth-order valence-corrected chi connectivity index (χ4v) is 9.81. The van der Waals surface area contributed by atoms with Crippen molar-refractivity contribution < 1.29 is 24.5 Å². The molecule has 2 atom stereocenters. The van der Waals surface area contributed by atoms with Gasteiger partial charge in [0.05, 0.1) is 25.4 Å². The van der Waals surface area contributed by atoms with Crippen molar-refractivity contribution in [3.8, 4) is 0 Å². The minimum absolute atomic E-state index is 0.00603. The number of ether oxygens (including phenoxy) is 1. The van der Waals surface area contributed by atoms with E-state index in [9.17, 15) is 19.8 Å². The van der Waals surface area contributed by atoms with E-state index in [1.54, 1.807) is 6.08 Å². The summed E-state index contributed by atoms with van der Waals surface area (Å²) in [5.41, 5.74) is 0. The van der Waals surface area contributed by atoms with Gasteiger partial charge in [0.25, 0.3) is 0 Å². The van der Waals surface area contributed by atoms with Crippen molar-refractivity contribution in [1.29, 1.82) is 0 Å². The monoisotopic (exact) mass is 960 g/mol. The van der Waals surface area contributed by atoms with Gasteiger partial charge in [-0.1, -0.05) is 315 Å². The van der Waals surface area contributed by atoms with Crippen molar-refractivity contribution >= 4 is 11.9 Å². The molecule has 6 heteroatoms. The molecule has 0 aliphatic heterocycles. The Balaban J connectivity index is 3.44. The van der Waals surface area contributed by atoms with E-state index >= 15 is 0 Å². The number of allylic oxidation sites excluding steroid dienone is 1. The first-order valence-electron chi connectivity index (χ1n) is 31.0. The molecule has 1 amide bonds. The third kappa shape index (κ3) is 53.9. The molecule has 0 saturated carbocycles. The third-order valence-electron chi connectivity index (χ3n) is 14.6. The lowest BCUT2D eigenvalue weighted by Crippen LogP contribution is -2.45. The lowest BCUT2D eigenvalue weighted by atomic mass is 10.0. The van der Waals surface area contributed by atoms with Gasteiger partial charge in [-0.05, 0) is 32.1 Å². The maximum absolute atomic E-state index is 12.5. The molecule has 404 valence electrons. The number of aliphatic hydroxyl groups excluding tert-OH is 2. The molecule has 3 N–H and O–H groups in total. The van der Waals surface area contributed by atoms with Crippen molar-refractivity contribution in [2.24, 2.45) is 0 Å². The van der Waals surface area contributed by atoms with Crippen LogP contribution < -0.4 is 5.32 Å². The Morgan fingerprint density at radius 2 is 0.676 bits per heavy atom. The highest BCUT2D eigenvalue weighted by molar-refractivity contribution is 5.76. The molecule has 0 bridgehead atoms. The Morgan fingerprint density at radius 3 is 1.00 bits per heavy atom. The second-order valence-electron chi connectivity index (χ2n) is 21.4. The first-order valence-corrected chi connectivity index (χ1v) is 31.0. The molecule has 0 aromatic rings. The van der Waals surface area contributed by atoms with Crippen molar-refractivity contribution in [2.75, 3.05) is 13.2 Å². The average Bonchev–Trinajstić information content (AvgIpc) is 3.34. The van der Waals surface area contributed by atoms with Crippen LogP contribution in [0.5, 0.6) is 0 Å². The van der Waals surface area contributed by atoms with Gasteiger partial charge in [0.1, 0.15) is 0 Å². The standard InChI is InChI=1S/C62H121NO5/c1-3-5-7-9-11-13-15-17-18-19-20-21-22-23-25-28-31-34-38-42-46-50-54-60(65)59(58-64)63-61(66)55-51-47-43-39-35-32-29-26-24-27-30-33-37-41-45-49-53-57-68-62(67)56-52-48-44-40-36-16-14-12-10-8-6-4-2/h50,54,59-60,64-65H,3-49,51-53,55-58H2,1-2H3,(H,63,66)/b54-50+. The van der Waals surface area contributed by atoms with Crippen molar-refractivity contribution in [3.63, 3.8) is 0 Å². The number of hydrogen-bond donors (Lipinski definition) is 3. The van der Waals surface area contributed by atoms with Crippen LogP contribution in [-0.2, 0) is 14.3 Å². The number of esters is 1. The van der Waals surface area contributed by atoms with Gasteiger partial charge >= 0.3 is 5.97 Å². The zero-order chi connectivity index (χ0) is 49.3. The zero-order valence-corrected chi connectivity index (χ0v) is 46.1. The molecule has 0 aromatic heterocycles. The van der Waals surface area contributed by atoms with Crippen LogP contribution in [0.3, 0.4) is 0 Å². The third-order valence-corrected chi connectivity index (χ3v) is 14.6. The number of rotatable bonds is 58. The molecule has 0 fully saturated rings. The summed E-state index contributed by atoms with van der Waals surface area (Å²) in [6.45, 7) is 4.92. The first-order chi connectivity index (χ1) is 33.5. The van der Waals surface area contributed by atoms with Crippen LogP contribution in [0.15, 0.2) is 12.2 Å². The van der Waals surface area contributed by atoms with Crippen LogP contribution in [-0.4, -0.2) is 47.4 Å². The Labute approximate surface area is 425 Å². The van der Waals surface area contributed by atoms with E-state index in [2.05, 4.69) is 19.2 Å². The number of carbonyl (C=O) groups excluding carboxylic acids is 2. The smallest absolute Gasteiger partial charge is 0.305 e. The first kappa shape index (κ1) is 66.6. The predicted octanol–water partition coefficient (Wildman–Crippen LogP) is 19.2. The summed E-state index contributed by atoms with van der Waals surface area (Å²) in [5, 5.41) is 23.2. The van der Waals surface area contributed by atoms with Gasteiger partial charge in [0.2, 0.25) is 5.91 Å². The summed E-state index contributed by atoms with van der Waals surface area (Å²) < 4.78 is 5.47. The maximum Gasteiger partial charge on any atom is 0.305 e. The predicted molar refractivity (Wildman–Crippen MR) is 297 cm³/mol. The molecular weight excluding hydrogens is 839 g/mol. The molecule has 0 heterocycles. The van der Waals surface area contributed by atoms with Gasteiger partial charge < -0.3 is 20.3 Å². The fraction of sp³-hybridized carbons (Fsp3) is 0.935. The summed E-state index contributed by atoms with van der Waals surface area (Å²) in [5.74, 6) is -0.0633. The van der Waals surface area contributed by atoms with Gasteiger partial charge in [-0.3, -0.25) is 9.59 Å². The average molecular weight is 961 g/mol. The highest BCUT2D eigenvalue weighted by Gasteiger charge is 2.18. The highest BCUT2D eigenvalue weighted by Crippen LogP contribution is 2.18.